The maximum atomic E-state index is 5.71. The zero-order chi connectivity index (χ0) is 15.8. The van der Waals surface area contributed by atoms with Crippen LogP contribution in [0.3, 0.4) is 0 Å². The number of nitrogens with one attached hydrogen (secondary N) is 1. The summed E-state index contributed by atoms with van der Waals surface area (Å²) in [6.07, 6.45) is 4.56. The van der Waals surface area contributed by atoms with E-state index < -0.39 is 0 Å². The number of anilines is 2. The van der Waals surface area contributed by atoms with Crippen molar-refractivity contribution >= 4 is 17.4 Å². The van der Waals surface area contributed by atoms with Crippen LogP contribution < -0.4 is 10.6 Å². The van der Waals surface area contributed by atoms with Gasteiger partial charge in [0.1, 0.15) is 18.0 Å². The van der Waals surface area contributed by atoms with Crippen LogP contribution in [0.2, 0.25) is 0 Å². The van der Waals surface area contributed by atoms with Crippen molar-refractivity contribution in [1.82, 2.24) is 29.8 Å². The molecular formula is C15H20N8. The minimum atomic E-state index is 0.481. The highest BCUT2D eigenvalue weighted by molar-refractivity contribution is 5.48. The topological polar surface area (TPSA) is 101 Å². The number of nitrogens with two attached hydrogens (primary N) is 1. The van der Waals surface area contributed by atoms with Crippen molar-refractivity contribution in [3.63, 3.8) is 0 Å². The third-order valence-electron chi connectivity index (χ3n) is 4.52. The number of hydrogen-bond donors (Lipinski definition) is 2. The van der Waals surface area contributed by atoms with Crippen LogP contribution in [0.1, 0.15) is 37.1 Å². The lowest BCUT2D eigenvalue weighted by atomic mass is 9.93. The Labute approximate surface area is 133 Å². The van der Waals surface area contributed by atoms with Crippen LogP contribution in [0.25, 0.3) is 5.78 Å². The third-order valence-corrected chi connectivity index (χ3v) is 4.52. The van der Waals surface area contributed by atoms with E-state index in [4.69, 9.17) is 5.73 Å². The molecule has 8 nitrogen and oxygen atoms in total. The quantitative estimate of drug-likeness (QED) is 0.757. The van der Waals surface area contributed by atoms with Gasteiger partial charge in [0.2, 0.25) is 0 Å². The molecule has 0 unspecified atom stereocenters. The molecule has 8 heteroatoms. The first-order valence-corrected chi connectivity index (χ1v) is 8.00. The standard InChI is InChI=1S/C15H20N8/c1-2-11-7-14(23-15(19-11)17-9-18-23)22-5-3-10(4-6-22)12-8-13(16)21-20-12/h7-10H,2-6H2,1H3,(H3,16,20,21). The maximum absolute atomic E-state index is 5.71. The van der Waals surface area contributed by atoms with E-state index in [-0.39, 0.29) is 0 Å². The van der Waals surface area contributed by atoms with E-state index >= 15 is 0 Å². The predicted molar refractivity (Wildman–Crippen MR) is 87.3 cm³/mol. The number of fused-ring (bicyclic) bond motifs is 1. The van der Waals surface area contributed by atoms with Crippen LogP contribution >= 0.6 is 0 Å². The summed E-state index contributed by atoms with van der Waals surface area (Å²) < 4.78 is 1.83. The van der Waals surface area contributed by atoms with Crippen molar-refractivity contribution < 1.29 is 0 Å². The Morgan fingerprint density at radius 3 is 2.83 bits per heavy atom. The molecule has 0 aliphatic carbocycles. The van der Waals surface area contributed by atoms with Crippen molar-refractivity contribution in [2.24, 2.45) is 0 Å². The van der Waals surface area contributed by atoms with Crippen LogP contribution in [-0.2, 0) is 6.42 Å². The molecule has 3 aromatic heterocycles. The molecule has 1 saturated heterocycles. The Hall–Kier alpha value is -2.64. The fourth-order valence-electron chi connectivity index (χ4n) is 3.23. The van der Waals surface area contributed by atoms with Gasteiger partial charge in [-0.3, -0.25) is 5.10 Å². The second kappa shape index (κ2) is 5.53. The van der Waals surface area contributed by atoms with E-state index in [1.54, 1.807) is 6.33 Å². The fourth-order valence-corrected chi connectivity index (χ4v) is 3.23. The second-order valence-corrected chi connectivity index (χ2v) is 5.94. The van der Waals surface area contributed by atoms with E-state index in [9.17, 15) is 0 Å². The molecule has 0 saturated carbocycles. The molecule has 0 atom stereocenters. The molecule has 0 amide bonds. The molecule has 3 aromatic rings. The molecule has 3 N–H and O–H groups in total. The zero-order valence-electron chi connectivity index (χ0n) is 13.1. The van der Waals surface area contributed by atoms with Crippen LogP contribution in [0.4, 0.5) is 11.6 Å². The molecule has 4 heterocycles. The number of hydrogen-bond acceptors (Lipinski definition) is 6. The number of aromatic amines is 1. The molecular weight excluding hydrogens is 292 g/mol. The monoisotopic (exact) mass is 312 g/mol. The number of rotatable bonds is 3. The molecule has 120 valence electrons. The van der Waals surface area contributed by atoms with Gasteiger partial charge in [0, 0.05) is 42.5 Å². The van der Waals surface area contributed by atoms with Crippen LogP contribution in [-0.4, -0.2) is 42.9 Å². The van der Waals surface area contributed by atoms with Crippen molar-refractivity contribution in [1.29, 1.82) is 0 Å². The van der Waals surface area contributed by atoms with Crippen molar-refractivity contribution in [2.45, 2.75) is 32.1 Å². The van der Waals surface area contributed by atoms with E-state index in [0.717, 1.165) is 49.6 Å². The molecule has 4 rings (SSSR count). The largest absolute Gasteiger partial charge is 0.382 e. The third kappa shape index (κ3) is 2.49. The van der Waals surface area contributed by atoms with Gasteiger partial charge >= 0.3 is 0 Å². The Morgan fingerprint density at radius 1 is 1.30 bits per heavy atom. The van der Waals surface area contributed by atoms with E-state index in [1.165, 1.54) is 0 Å². The summed E-state index contributed by atoms with van der Waals surface area (Å²) in [4.78, 5) is 11.1. The second-order valence-electron chi connectivity index (χ2n) is 5.94. The van der Waals surface area contributed by atoms with Gasteiger partial charge in [-0.05, 0) is 19.3 Å². The molecule has 1 fully saturated rings. The fraction of sp³-hybridized carbons (Fsp3) is 0.467. The number of H-pyrrole nitrogens is 1. The molecule has 1 aliphatic rings. The molecule has 0 radical (unpaired) electrons. The lowest BCUT2D eigenvalue weighted by Gasteiger charge is -2.33. The van der Waals surface area contributed by atoms with Crippen molar-refractivity contribution in [3.8, 4) is 0 Å². The summed E-state index contributed by atoms with van der Waals surface area (Å²) in [6, 6.07) is 4.06. The summed E-state index contributed by atoms with van der Waals surface area (Å²) in [7, 11) is 0. The van der Waals surface area contributed by atoms with Gasteiger partial charge < -0.3 is 10.6 Å². The number of nitrogens with zero attached hydrogens (tertiary/aromatic N) is 6. The average Bonchev–Trinajstić information content (AvgIpc) is 3.22. The number of aryl methyl sites for hydroxylation is 1. The van der Waals surface area contributed by atoms with Crippen molar-refractivity contribution in [3.05, 3.63) is 29.8 Å². The van der Waals surface area contributed by atoms with Crippen LogP contribution in [0.15, 0.2) is 18.5 Å². The average molecular weight is 312 g/mol. The van der Waals surface area contributed by atoms with Crippen LogP contribution in [0, 0.1) is 0 Å². The molecule has 0 bridgehead atoms. The lowest BCUT2D eigenvalue weighted by Crippen LogP contribution is -2.34. The maximum Gasteiger partial charge on any atom is 0.254 e. The first-order chi connectivity index (χ1) is 11.2. The Morgan fingerprint density at radius 2 is 2.13 bits per heavy atom. The van der Waals surface area contributed by atoms with Gasteiger partial charge in [0.05, 0.1) is 0 Å². The van der Waals surface area contributed by atoms with E-state index in [0.29, 0.717) is 17.5 Å². The van der Waals surface area contributed by atoms with Gasteiger partial charge in [-0.25, -0.2) is 4.98 Å². The first-order valence-electron chi connectivity index (χ1n) is 8.00. The molecule has 1 aliphatic heterocycles. The summed E-state index contributed by atoms with van der Waals surface area (Å²) >= 11 is 0. The number of piperidine rings is 1. The SMILES string of the molecule is CCc1cc(N2CCC(c3cc(N)n[nH]3)CC2)n2ncnc2n1. The zero-order valence-corrected chi connectivity index (χ0v) is 13.1. The highest BCUT2D eigenvalue weighted by atomic mass is 15.4. The van der Waals surface area contributed by atoms with Crippen LogP contribution in [0.5, 0.6) is 0 Å². The highest BCUT2D eigenvalue weighted by Gasteiger charge is 2.24. The molecule has 0 spiro atoms. The summed E-state index contributed by atoms with van der Waals surface area (Å²) in [5, 5.41) is 11.4. The number of aromatic nitrogens is 6. The van der Waals surface area contributed by atoms with E-state index in [2.05, 4.69) is 43.2 Å². The summed E-state index contributed by atoms with van der Waals surface area (Å²) in [5.41, 5.74) is 7.89. The van der Waals surface area contributed by atoms with Crippen molar-refractivity contribution in [2.75, 3.05) is 23.7 Å². The smallest absolute Gasteiger partial charge is 0.254 e. The predicted octanol–water partition coefficient (Wildman–Crippen LogP) is 1.38. The number of nitrogen functional groups attached to an aromatic ring is 1. The van der Waals surface area contributed by atoms with Gasteiger partial charge in [-0.1, -0.05) is 6.92 Å². The molecule has 23 heavy (non-hydrogen) atoms. The summed E-state index contributed by atoms with van der Waals surface area (Å²) in [6.45, 7) is 4.03. The van der Waals surface area contributed by atoms with E-state index in [1.807, 2.05) is 10.6 Å². The van der Waals surface area contributed by atoms with Gasteiger partial charge in [0.25, 0.3) is 5.78 Å². The summed E-state index contributed by atoms with van der Waals surface area (Å²) in [5.74, 6) is 2.79. The minimum absolute atomic E-state index is 0.481. The van der Waals surface area contributed by atoms with Gasteiger partial charge in [-0.15, -0.1) is 0 Å². The highest BCUT2D eigenvalue weighted by Crippen LogP contribution is 2.30. The Kier molecular flexibility index (Phi) is 3.36. The Balaban J connectivity index is 1.57. The lowest BCUT2D eigenvalue weighted by molar-refractivity contribution is 0.490. The van der Waals surface area contributed by atoms with Gasteiger partial charge in [-0.2, -0.15) is 19.7 Å². The Bertz CT molecular complexity index is 812. The minimum Gasteiger partial charge on any atom is -0.382 e. The normalized spacial score (nSPS) is 16.3. The first kappa shape index (κ1) is 14.0. The molecule has 0 aromatic carbocycles. The van der Waals surface area contributed by atoms with Gasteiger partial charge in [0.15, 0.2) is 0 Å².